The maximum absolute atomic E-state index is 9.14. The van der Waals surface area contributed by atoms with Crippen LogP contribution in [0.2, 0.25) is 0 Å². The smallest absolute Gasteiger partial charge is 0.188 e. The first-order valence-corrected chi connectivity index (χ1v) is 7.46. The number of nitrogens with two attached hydrogens (primary N) is 2. The molecule has 7 heteroatoms. The zero-order chi connectivity index (χ0) is 17.8. The highest BCUT2D eigenvalue weighted by atomic mass is 16.5. The number of nitrogens with zero attached hydrogens (tertiary/aromatic N) is 4. The molecule has 0 spiro atoms. The van der Waals surface area contributed by atoms with Crippen LogP contribution < -0.4 is 16.2 Å². The lowest BCUT2D eigenvalue weighted by atomic mass is 10.2. The van der Waals surface area contributed by atoms with Gasteiger partial charge in [-0.15, -0.1) is 0 Å². The Balaban J connectivity index is 2.17. The van der Waals surface area contributed by atoms with Crippen molar-refractivity contribution in [2.24, 2.45) is 4.99 Å². The molecule has 0 aliphatic heterocycles. The predicted molar refractivity (Wildman–Crippen MR) is 96.8 cm³/mol. The van der Waals surface area contributed by atoms with E-state index >= 15 is 0 Å². The van der Waals surface area contributed by atoms with Crippen LogP contribution in [0.4, 0.5) is 17.2 Å². The highest BCUT2D eigenvalue weighted by Gasteiger charge is 2.17. The molecule has 0 fully saturated rings. The molecular weight excluding hydrogens is 316 g/mol. The van der Waals surface area contributed by atoms with Crippen molar-refractivity contribution in [3.05, 3.63) is 65.9 Å². The summed E-state index contributed by atoms with van der Waals surface area (Å²) in [4.78, 5) is 4.64. The van der Waals surface area contributed by atoms with E-state index in [-0.39, 0.29) is 17.2 Å². The third-order valence-electron chi connectivity index (χ3n) is 3.61. The number of aromatic nitrogens is 2. The maximum Gasteiger partial charge on any atom is 0.188 e. The van der Waals surface area contributed by atoms with Crippen LogP contribution in [0, 0.1) is 11.3 Å². The second-order valence-corrected chi connectivity index (χ2v) is 5.17. The van der Waals surface area contributed by atoms with Gasteiger partial charge in [-0.05, 0) is 24.3 Å². The van der Waals surface area contributed by atoms with Gasteiger partial charge in [-0.3, -0.25) is 0 Å². The van der Waals surface area contributed by atoms with E-state index in [1.165, 1.54) is 4.68 Å². The second kappa shape index (κ2) is 6.76. The molecule has 0 aliphatic rings. The Hall–Kier alpha value is -3.79. The number of nitrogen functional groups attached to an aromatic ring is 2. The number of hydrogen-bond donors (Lipinski definition) is 2. The van der Waals surface area contributed by atoms with Gasteiger partial charge in [-0.25, -0.2) is 4.99 Å². The molecule has 3 aromatic rings. The highest BCUT2D eigenvalue weighted by Crippen LogP contribution is 2.23. The zero-order valence-electron chi connectivity index (χ0n) is 13.5. The third-order valence-corrected chi connectivity index (χ3v) is 3.61. The van der Waals surface area contributed by atoms with Crippen molar-refractivity contribution in [3.8, 4) is 11.8 Å². The fourth-order valence-electron chi connectivity index (χ4n) is 2.29. The molecule has 0 atom stereocenters. The van der Waals surface area contributed by atoms with Crippen molar-refractivity contribution in [1.29, 1.82) is 5.26 Å². The Morgan fingerprint density at radius 3 is 2.36 bits per heavy atom. The first-order chi connectivity index (χ1) is 12.1. The lowest BCUT2D eigenvalue weighted by Crippen LogP contribution is -2.17. The number of methoxy groups -OCH3 is 1. The number of aliphatic imine (C=N–C) groups is 1. The number of nitriles is 1. The number of benzene rings is 2. The number of anilines is 2. The van der Waals surface area contributed by atoms with Crippen LogP contribution in [0.15, 0.2) is 59.6 Å². The minimum absolute atomic E-state index is 0.0656. The standard InChI is InChI=1S/C18H16N6O/c1-25-14-9-7-13(8-10-14)22-18(12-5-3-2-4-6-12)24-17(21)16(20)15(11-19)23-24/h2-10H,20-21H2,1H3. The van der Waals surface area contributed by atoms with Gasteiger partial charge < -0.3 is 16.2 Å². The van der Waals surface area contributed by atoms with Crippen molar-refractivity contribution in [2.75, 3.05) is 18.6 Å². The van der Waals surface area contributed by atoms with Crippen LogP contribution in [0.25, 0.3) is 0 Å². The summed E-state index contributed by atoms with van der Waals surface area (Å²) in [7, 11) is 1.60. The minimum atomic E-state index is 0.0656. The summed E-state index contributed by atoms with van der Waals surface area (Å²) in [5, 5.41) is 13.3. The van der Waals surface area contributed by atoms with Crippen LogP contribution in [0.5, 0.6) is 5.75 Å². The van der Waals surface area contributed by atoms with Crippen molar-refractivity contribution < 1.29 is 4.74 Å². The molecule has 0 saturated carbocycles. The summed E-state index contributed by atoms with van der Waals surface area (Å²) in [5.41, 5.74) is 13.6. The van der Waals surface area contributed by atoms with Gasteiger partial charge in [0.05, 0.1) is 12.8 Å². The van der Waals surface area contributed by atoms with E-state index in [0.717, 1.165) is 11.3 Å². The van der Waals surface area contributed by atoms with E-state index in [2.05, 4.69) is 10.1 Å². The van der Waals surface area contributed by atoms with Gasteiger partial charge in [0.15, 0.2) is 17.3 Å². The molecule has 3 rings (SSSR count). The van der Waals surface area contributed by atoms with Crippen molar-refractivity contribution in [1.82, 2.24) is 9.78 Å². The third kappa shape index (κ3) is 3.14. The van der Waals surface area contributed by atoms with Crippen molar-refractivity contribution in [3.63, 3.8) is 0 Å². The van der Waals surface area contributed by atoms with Crippen LogP contribution in [-0.4, -0.2) is 22.7 Å². The molecule has 1 heterocycles. The highest BCUT2D eigenvalue weighted by molar-refractivity contribution is 6.03. The van der Waals surface area contributed by atoms with E-state index in [0.29, 0.717) is 11.5 Å². The lowest BCUT2D eigenvalue weighted by molar-refractivity contribution is 0.415. The summed E-state index contributed by atoms with van der Waals surface area (Å²) < 4.78 is 6.54. The SMILES string of the molecule is COc1ccc(N=C(c2ccccc2)n2nc(C#N)c(N)c2N)cc1. The molecule has 0 unspecified atom stereocenters. The molecule has 25 heavy (non-hydrogen) atoms. The molecule has 0 aliphatic carbocycles. The van der Waals surface area contributed by atoms with E-state index in [4.69, 9.17) is 21.5 Å². The van der Waals surface area contributed by atoms with Gasteiger partial charge in [0.1, 0.15) is 17.5 Å². The molecule has 2 aromatic carbocycles. The normalized spacial score (nSPS) is 11.1. The molecule has 124 valence electrons. The summed E-state index contributed by atoms with van der Waals surface area (Å²) in [5.74, 6) is 1.37. The number of ether oxygens (including phenoxy) is 1. The minimum Gasteiger partial charge on any atom is -0.497 e. The molecule has 0 amide bonds. The fourth-order valence-corrected chi connectivity index (χ4v) is 2.29. The van der Waals surface area contributed by atoms with E-state index in [1.807, 2.05) is 60.7 Å². The monoisotopic (exact) mass is 332 g/mol. The quantitative estimate of drug-likeness (QED) is 0.565. The molecule has 7 nitrogen and oxygen atoms in total. The fraction of sp³-hybridized carbons (Fsp3) is 0.0556. The van der Waals surface area contributed by atoms with E-state index in [9.17, 15) is 0 Å². The average Bonchev–Trinajstić information content (AvgIpc) is 2.95. The van der Waals surface area contributed by atoms with Gasteiger partial charge in [0.25, 0.3) is 0 Å². The van der Waals surface area contributed by atoms with Crippen LogP contribution >= 0.6 is 0 Å². The summed E-state index contributed by atoms with van der Waals surface area (Å²) in [6, 6.07) is 18.6. The Labute approximate surface area is 144 Å². The summed E-state index contributed by atoms with van der Waals surface area (Å²) in [6.45, 7) is 0. The average molecular weight is 332 g/mol. The Morgan fingerprint density at radius 2 is 1.80 bits per heavy atom. The second-order valence-electron chi connectivity index (χ2n) is 5.17. The zero-order valence-corrected chi connectivity index (χ0v) is 13.5. The van der Waals surface area contributed by atoms with Crippen LogP contribution in [0.1, 0.15) is 11.3 Å². The van der Waals surface area contributed by atoms with Gasteiger partial charge in [0, 0.05) is 5.56 Å². The van der Waals surface area contributed by atoms with Crippen LogP contribution in [-0.2, 0) is 0 Å². The first kappa shape index (κ1) is 16.1. The van der Waals surface area contributed by atoms with Gasteiger partial charge >= 0.3 is 0 Å². The first-order valence-electron chi connectivity index (χ1n) is 7.46. The molecule has 0 bridgehead atoms. The van der Waals surface area contributed by atoms with Gasteiger partial charge in [-0.2, -0.15) is 15.0 Å². The predicted octanol–water partition coefficient (Wildman–Crippen LogP) is 2.55. The van der Waals surface area contributed by atoms with E-state index < -0.39 is 0 Å². The largest absolute Gasteiger partial charge is 0.497 e. The van der Waals surface area contributed by atoms with E-state index in [1.54, 1.807) is 7.11 Å². The topological polar surface area (TPSA) is 115 Å². The Morgan fingerprint density at radius 1 is 1.12 bits per heavy atom. The number of rotatable bonds is 3. The van der Waals surface area contributed by atoms with Crippen molar-refractivity contribution in [2.45, 2.75) is 0 Å². The summed E-state index contributed by atoms with van der Waals surface area (Å²) in [6.07, 6.45) is 0. The molecule has 0 radical (unpaired) electrons. The maximum atomic E-state index is 9.14. The molecule has 1 aromatic heterocycles. The molecule has 0 saturated heterocycles. The van der Waals surface area contributed by atoms with Crippen molar-refractivity contribution >= 4 is 23.0 Å². The van der Waals surface area contributed by atoms with Crippen LogP contribution in [0.3, 0.4) is 0 Å². The molecular formula is C18H16N6O. The Kier molecular flexibility index (Phi) is 4.35. The van der Waals surface area contributed by atoms with Gasteiger partial charge in [0.2, 0.25) is 0 Å². The lowest BCUT2D eigenvalue weighted by Gasteiger charge is -2.09. The Bertz CT molecular complexity index is 952. The number of hydrogen-bond acceptors (Lipinski definition) is 6. The summed E-state index contributed by atoms with van der Waals surface area (Å²) >= 11 is 0. The molecule has 4 N–H and O–H groups in total. The van der Waals surface area contributed by atoms with Gasteiger partial charge in [-0.1, -0.05) is 30.3 Å².